The zero-order chi connectivity index (χ0) is 16.9. The van der Waals surface area contributed by atoms with Gasteiger partial charge in [0.15, 0.2) is 0 Å². The van der Waals surface area contributed by atoms with E-state index in [0.29, 0.717) is 18.7 Å². The number of hydrogen-bond donors (Lipinski definition) is 1. The van der Waals surface area contributed by atoms with E-state index in [0.717, 1.165) is 32.1 Å². The van der Waals surface area contributed by atoms with Crippen molar-refractivity contribution in [3.8, 4) is 0 Å². The minimum Gasteiger partial charge on any atom is -0.338 e. The molecular weight excluding hydrogens is 331 g/mol. The van der Waals surface area contributed by atoms with Crippen LogP contribution in [0.2, 0.25) is 0 Å². The van der Waals surface area contributed by atoms with Gasteiger partial charge in [-0.05, 0) is 55.7 Å². The lowest BCUT2D eigenvalue weighted by molar-refractivity contribution is 0.0687. The number of benzene rings is 1. The minimum absolute atomic E-state index is 0.000165. The van der Waals surface area contributed by atoms with Crippen molar-refractivity contribution >= 4 is 15.9 Å². The van der Waals surface area contributed by atoms with E-state index in [-0.39, 0.29) is 22.6 Å². The second-order valence-corrected chi connectivity index (χ2v) is 9.45. The first-order chi connectivity index (χ1) is 11.4. The van der Waals surface area contributed by atoms with Crippen LogP contribution in [-0.4, -0.2) is 43.6 Å². The summed E-state index contributed by atoms with van der Waals surface area (Å²) in [6.07, 6.45) is 3.99. The van der Waals surface area contributed by atoms with E-state index in [4.69, 9.17) is 0 Å². The second kappa shape index (κ2) is 5.52. The van der Waals surface area contributed by atoms with Gasteiger partial charge in [-0.2, -0.15) is 0 Å². The molecule has 1 aromatic rings. The van der Waals surface area contributed by atoms with Gasteiger partial charge in [-0.15, -0.1) is 0 Å². The molecule has 2 saturated carbocycles. The van der Waals surface area contributed by atoms with E-state index >= 15 is 0 Å². The monoisotopic (exact) mass is 352 g/mol. The third kappa shape index (κ3) is 2.95. The van der Waals surface area contributed by atoms with Crippen molar-refractivity contribution in [1.82, 2.24) is 9.62 Å². The highest BCUT2D eigenvalue weighted by atomic mass is 32.2. The van der Waals surface area contributed by atoms with Crippen LogP contribution in [0, 0.1) is 11.2 Å². The molecule has 1 heterocycles. The molecule has 4 rings (SSSR count). The molecule has 0 bridgehead atoms. The third-order valence-electron chi connectivity index (χ3n) is 5.45. The molecule has 3 aliphatic rings. The number of amides is 1. The van der Waals surface area contributed by atoms with Crippen LogP contribution in [-0.2, 0) is 10.0 Å². The average Bonchev–Trinajstić information content (AvgIpc) is 3.27. The van der Waals surface area contributed by atoms with Crippen molar-refractivity contribution in [3.05, 3.63) is 35.6 Å². The summed E-state index contributed by atoms with van der Waals surface area (Å²) < 4.78 is 40.1. The lowest BCUT2D eigenvalue weighted by Crippen LogP contribution is -2.52. The summed E-state index contributed by atoms with van der Waals surface area (Å²) in [4.78, 5) is 14.2. The molecule has 130 valence electrons. The van der Waals surface area contributed by atoms with Gasteiger partial charge in [-0.3, -0.25) is 4.79 Å². The number of halogens is 1. The van der Waals surface area contributed by atoms with E-state index in [9.17, 15) is 17.6 Å². The smallest absolute Gasteiger partial charge is 0.253 e. The average molecular weight is 352 g/mol. The topological polar surface area (TPSA) is 66.5 Å². The Morgan fingerprint density at radius 2 is 2.04 bits per heavy atom. The molecule has 1 N–H and O–H groups in total. The van der Waals surface area contributed by atoms with Crippen LogP contribution in [0.5, 0.6) is 0 Å². The maximum atomic E-state index is 13.3. The zero-order valence-electron chi connectivity index (χ0n) is 13.4. The molecule has 1 amide bonds. The van der Waals surface area contributed by atoms with E-state index in [1.54, 1.807) is 17.0 Å². The molecule has 24 heavy (non-hydrogen) atoms. The minimum atomic E-state index is -3.14. The first kappa shape index (κ1) is 16.0. The molecule has 5 nitrogen and oxygen atoms in total. The summed E-state index contributed by atoms with van der Waals surface area (Å²) in [7, 11) is -3.14. The molecule has 0 atom stereocenters. The van der Waals surface area contributed by atoms with Crippen LogP contribution >= 0.6 is 0 Å². The number of nitrogens with one attached hydrogen (secondary N) is 1. The third-order valence-corrected chi connectivity index (χ3v) is 7.46. The van der Waals surface area contributed by atoms with Crippen LogP contribution in [0.1, 0.15) is 42.5 Å². The largest absolute Gasteiger partial charge is 0.338 e. The standard InChI is InChI=1S/C17H21FN2O3S/c18-13-3-1-2-12(8-13)16(21)20-7-6-17(11-20)9-14(10-17)19-24(22,23)15-4-5-15/h1-3,8,14-15,19H,4-7,9-11H2. The van der Waals surface area contributed by atoms with Crippen LogP contribution in [0.25, 0.3) is 0 Å². The van der Waals surface area contributed by atoms with Crippen LogP contribution in [0.15, 0.2) is 24.3 Å². The highest BCUT2D eigenvalue weighted by Crippen LogP contribution is 2.49. The molecule has 1 saturated heterocycles. The Morgan fingerprint density at radius 3 is 2.71 bits per heavy atom. The quantitative estimate of drug-likeness (QED) is 0.900. The van der Waals surface area contributed by atoms with Crippen molar-refractivity contribution < 1.29 is 17.6 Å². The number of nitrogens with zero attached hydrogens (tertiary/aromatic N) is 1. The van der Waals surface area contributed by atoms with Crippen LogP contribution in [0.4, 0.5) is 4.39 Å². The molecule has 1 aliphatic heterocycles. The summed E-state index contributed by atoms with van der Waals surface area (Å²) in [5, 5.41) is -0.191. The fourth-order valence-corrected chi connectivity index (χ4v) is 5.60. The zero-order valence-corrected chi connectivity index (χ0v) is 14.2. The summed E-state index contributed by atoms with van der Waals surface area (Å²) in [6, 6.07) is 5.76. The predicted octanol–water partition coefficient (Wildman–Crippen LogP) is 1.90. The highest BCUT2D eigenvalue weighted by Gasteiger charge is 2.51. The lowest BCUT2D eigenvalue weighted by atomic mass is 9.65. The Bertz CT molecular complexity index is 770. The summed E-state index contributed by atoms with van der Waals surface area (Å²) in [5.74, 6) is -0.554. The van der Waals surface area contributed by atoms with E-state index in [1.165, 1.54) is 12.1 Å². The Balaban J connectivity index is 1.35. The lowest BCUT2D eigenvalue weighted by Gasteiger charge is -2.45. The van der Waals surface area contributed by atoms with Gasteiger partial charge in [-0.1, -0.05) is 6.07 Å². The maximum absolute atomic E-state index is 13.3. The molecule has 0 aromatic heterocycles. The van der Waals surface area contributed by atoms with Gasteiger partial charge in [0.1, 0.15) is 5.82 Å². The van der Waals surface area contributed by atoms with Crippen molar-refractivity contribution in [2.24, 2.45) is 5.41 Å². The SMILES string of the molecule is O=C(c1cccc(F)c1)N1CCC2(CC(NS(=O)(=O)C3CC3)C2)C1. The van der Waals surface area contributed by atoms with Crippen LogP contribution < -0.4 is 4.72 Å². The van der Waals surface area contributed by atoms with E-state index in [2.05, 4.69) is 4.72 Å². The van der Waals surface area contributed by atoms with Crippen molar-refractivity contribution in [1.29, 1.82) is 0 Å². The van der Waals surface area contributed by atoms with Crippen molar-refractivity contribution in [2.75, 3.05) is 13.1 Å². The first-order valence-corrected chi connectivity index (χ1v) is 9.98. The normalized spacial score (nSPS) is 29.7. The van der Waals surface area contributed by atoms with Gasteiger partial charge in [0.25, 0.3) is 5.91 Å². The second-order valence-electron chi connectivity index (χ2n) is 7.45. The summed E-state index contributed by atoms with van der Waals surface area (Å²) in [6.45, 7) is 1.28. The highest BCUT2D eigenvalue weighted by molar-refractivity contribution is 7.90. The van der Waals surface area contributed by atoms with Gasteiger partial charge in [0, 0.05) is 24.7 Å². The van der Waals surface area contributed by atoms with Crippen molar-refractivity contribution in [2.45, 2.75) is 43.4 Å². The first-order valence-electron chi connectivity index (χ1n) is 8.43. The molecule has 3 fully saturated rings. The number of rotatable bonds is 4. The number of sulfonamides is 1. The van der Waals surface area contributed by atoms with Gasteiger partial charge in [0.2, 0.25) is 10.0 Å². The fraction of sp³-hybridized carbons (Fsp3) is 0.588. The molecular formula is C17H21FN2O3S. The van der Waals surface area contributed by atoms with E-state index < -0.39 is 15.8 Å². The molecule has 1 aromatic carbocycles. The summed E-state index contributed by atoms with van der Waals surface area (Å²) in [5.41, 5.74) is 0.400. The Morgan fingerprint density at radius 1 is 1.29 bits per heavy atom. The summed E-state index contributed by atoms with van der Waals surface area (Å²) >= 11 is 0. The maximum Gasteiger partial charge on any atom is 0.253 e. The molecule has 0 radical (unpaired) electrons. The van der Waals surface area contributed by atoms with Gasteiger partial charge < -0.3 is 4.90 Å². The molecule has 2 aliphatic carbocycles. The predicted molar refractivity (Wildman–Crippen MR) is 87.5 cm³/mol. The van der Waals surface area contributed by atoms with Gasteiger partial charge >= 0.3 is 0 Å². The number of carbonyl (C=O) groups excluding carboxylic acids is 1. The number of likely N-dealkylation sites (tertiary alicyclic amines) is 1. The Labute approximate surface area is 141 Å². The van der Waals surface area contributed by atoms with Gasteiger partial charge in [-0.25, -0.2) is 17.5 Å². The fourth-order valence-electron chi connectivity index (χ4n) is 4.02. The number of carbonyl (C=O) groups is 1. The van der Waals surface area contributed by atoms with E-state index in [1.807, 2.05) is 0 Å². The van der Waals surface area contributed by atoms with Gasteiger partial charge in [0.05, 0.1) is 5.25 Å². The Kier molecular flexibility index (Phi) is 3.69. The molecule has 7 heteroatoms. The molecule has 0 unspecified atom stereocenters. The number of hydrogen-bond acceptors (Lipinski definition) is 3. The van der Waals surface area contributed by atoms with Crippen LogP contribution in [0.3, 0.4) is 0 Å². The van der Waals surface area contributed by atoms with Crippen molar-refractivity contribution in [3.63, 3.8) is 0 Å². The Hall–Kier alpha value is -1.47. The molecule has 1 spiro atoms.